The number of carbonyl (C=O) groups excluding carboxylic acids is 1. The molecule has 92 valence electrons. The maximum Gasteiger partial charge on any atom is 0.255 e. The molecule has 3 nitrogen and oxygen atoms in total. The molecule has 0 aliphatic rings. The second-order valence-corrected chi connectivity index (χ2v) is 4.44. The SMILES string of the molecule is O=C(Nc1ccc(Cl)c(Cl)c1)c1ccc(O)cc1. The zero-order valence-electron chi connectivity index (χ0n) is 9.15. The van der Waals surface area contributed by atoms with E-state index in [2.05, 4.69) is 5.32 Å². The maximum atomic E-state index is 11.9. The Kier molecular flexibility index (Phi) is 3.75. The summed E-state index contributed by atoms with van der Waals surface area (Å²) in [5, 5.41) is 12.6. The lowest BCUT2D eigenvalue weighted by atomic mass is 10.2. The van der Waals surface area contributed by atoms with Gasteiger partial charge in [-0.3, -0.25) is 4.79 Å². The summed E-state index contributed by atoms with van der Waals surface area (Å²) in [5.74, 6) is -0.172. The van der Waals surface area contributed by atoms with E-state index in [4.69, 9.17) is 28.3 Å². The number of hydrogen-bond donors (Lipinski definition) is 2. The van der Waals surface area contributed by atoms with Crippen LogP contribution in [0.25, 0.3) is 0 Å². The largest absolute Gasteiger partial charge is 0.508 e. The quantitative estimate of drug-likeness (QED) is 0.876. The van der Waals surface area contributed by atoms with Crippen molar-refractivity contribution in [1.29, 1.82) is 0 Å². The van der Waals surface area contributed by atoms with E-state index in [9.17, 15) is 4.79 Å². The van der Waals surface area contributed by atoms with Gasteiger partial charge in [-0.15, -0.1) is 0 Å². The normalized spacial score (nSPS) is 10.1. The summed E-state index contributed by atoms with van der Waals surface area (Å²) in [7, 11) is 0. The summed E-state index contributed by atoms with van der Waals surface area (Å²) in [6.45, 7) is 0. The lowest BCUT2D eigenvalue weighted by Crippen LogP contribution is -2.11. The van der Waals surface area contributed by atoms with Crippen molar-refractivity contribution in [3.63, 3.8) is 0 Å². The molecule has 0 atom stereocenters. The van der Waals surface area contributed by atoms with E-state index in [-0.39, 0.29) is 11.7 Å². The first-order chi connectivity index (χ1) is 8.56. The van der Waals surface area contributed by atoms with Crippen LogP contribution in [-0.4, -0.2) is 11.0 Å². The number of amides is 1. The number of aromatic hydroxyl groups is 1. The summed E-state index contributed by atoms with van der Waals surface area (Å²) in [6.07, 6.45) is 0. The summed E-state index contributed by atoms with van der Waals surface area (Å²) in [5.41, 5.74) is 1.00. The van der Waals surface area contributed by atoms with Crippen molar-refractivity contribution in [1.82, 2.24) is 0 Å². The molecule has 0 radical (unpaired) electrons. The molecule has 2 rings (SSSR count). The minimum absolute atomic E-state index is 0.112. The Labute approximate surface area is 114 Å². The van der Waals surface area contributed by atoms with Crippen LogP contribution in [0.15, 0.2) is 42.5 Å². The lowest BCUT2D eigenvalue weighted by molar-refractivity contribution is 0.102. The third-order valence-corrected chi connectivity index (χ3v) is 3.05. The van der Waals surface area contributed by atoms with Gasteiger partial charge in [0.05, 0.1) is 10.0 Å². The van der Waals surface area contributed by atoms with Gasteiger partial charge in [-0.25, -0.2) is 0 Å². The summed E-state index contributed by atoms with van der Waals surface area (Å²) >= 11 is 11.6. The highest BCUT2D eigenvalue weighted by atomic mass is 35.5. The smallest absolute Gasteiger partial charge is 0.255 e. The topological polar surface area (TPSA) is 49.3 Å². The highest BCUT2D eigenvalue weighted by Gasteiger charge is 2.07. The van der Waals surface area contributed by atoms with Crippen LogP contribution >= 0.6 is 23.2 Å². The van der Waals surface area contributed by atoms with Crippen LogP contribution < -0.4 is 5.32 Å². The number of hydrogen-bond acceptors (Lipinski definition) is 2. The van der Waals surface area contributed by atoms with Crippen molar-refractivity contribution in [2.24, 2.45) is 0 Å². The molecule has 0 spiro atoms. The van der Waals surface area contributed by atoms with Crippen LogP contribution in [0.5, 0.6) is 5.75 Å². The Hall–Kier alpha value is -1.71. The second-order valence-electron chi connectivity index (χ2n) is 3.63. The number of anilines is 1. The van der Waals surface area contributed by atoms with E-state index in [0.29, 0.717) is 21.3 Å². The van der Waals surface area contributed by atoms with Crippen molar-refractivity contribution in [2.45, 2.75) is 0 Å². The molecule has 18 heavy (non-hydrogen) atoms. The Balaban J connectivity index is 2.16. The number of phenolic OH excluding ortho intramolecular Hbond substituents is 1. The maximum absolute atomic E-state index is 11.9. The minimum atomic E-state index is -0.284. The minimum Gasteiger partial charge on any atom is -0.508 e. The zero-order valence-corrected chi connectivity index (χ0v) is 10.7. The first kappa shape index (κ1) is 12.7. The van der Waals surface area contributed by atoms with Gasteiger partial charge in [-0.2, -0.15) is 0 Å². The Morgan fingerprint density at radius 1 is 1.00 bits per heavy atom. The van der Waals surface area contributed by atoms with Gasteiger partial charge in [0, 0.05) is 11.3 Å². The van der Waals surface area contributed by atoms with E-state index < -0.39 is 0 Å². The molecule has 0 unspecified atom stereocenters. The average Bonchev–Trinajstić information content (AvgIpc) is 2.34. The van der Waals surface area contributed by atoms with Gasteiger partial charge < -0.3 is 10.4 Å². The predicted octanol–water partition coefficient (Wildman–Crippen LogP) is 3.95. The molecule has 1 amide bonds. The monoisotopic (exact) mass is 281 g/mol. The Bertz CT molecular complexity index is 582. The summed E-state index contributed by atoms with van der Waals surface area (Å²) < 4.78 is 0. The molecular formula is C13H9Cl2NO2. The van der Waals surface area contributed by atoms with Crippen LogP contribution in [-0.2, 0) is 0 Å². The van der Waals surface area contributed by atoms with E-state index in [0.717, 1.165) is 0 Å². The summed E-state index contributed by atoms with van der Waals surface area (Å²) in [6, 6.07) is 10.8. The van der Waals surface area contributed by atoms with Crippen molar-refractivity contribution in [3.05, 3.63) is 58.1 Å². The van der Waals surface area contributed by atoms with E-state index in [1.807, 2.05) is 0 Å². The second kappa shape index (κ2) is 5.29. The van der Waals surface area contributed by atoms with Crippen molar-refractivity contribution >= 4 is 34.8 Å². The first-order valence-electron chi connectivity index (χ1n) is 5.12. The first-order valence-corrected chi connectivity index (χ1v) is 5.87. The number of rotatable bonds is 2. The molecule has 0 heterocycles. The van der Waals surface area contributed by atoms with Crippen LogP contribution in [0.3, 0.4) is 0 Å². The van der Waals surface area contributed by atoms with Crippen molar-refractivity contribution in [3.8, 4) is 5.75 Å². The fourth-order valence-electron chi connectivity index (χ4n) is 1.39. The van der Waals surface area contributed by atoms with Gasteiger partial charge in [0.15, 0.2) is 0 Å². The molecule has 0 aliphatic heterocycles. The number of benzene rings is 2. The van der Waals surface area contributed by atoms with Crippen molar-refractivity contribution < 1.29 is 9.90 Å². The van der Waals surface area contributed by atoms with Crippen LogP contribution in [0.1, 0.15) is 10.4 Å². The van der Waals surface area contributed by atoms with Crippen LogP contribution in [0.4, 0.5) is 5.69 Å². The van der Waals surface area contributed by atoms with E-state index in [1.165, 1.54) is 24.3 Å². The molecule has 0 saturated heterocycles. The molecule has 2 aromatic carbocycles. The molecule has 2 N–H and O–H groups in total. The van der Waals surface area contributed by atoms with Crippen LogP contribution in [0.2, 0.25) is 10.0 Å². The Morgan fingerprint density at radius 3 is 2.28 bits per heavy atom. The van der Waals surface area contributed by atoms with Gasteiger partial charge in [0.2, 0.25) is 0 Å². The van der Waals surface area contributed by atoms with Gasteiger partial charge in [0.25, 0.3) is 5.91 Å². The Morgan fingerprint density at radius 2 is 1.67 bits per heavy atom. The van der Waals surface area contributed by atoms with Gasteiger partial charge >= 0.3 is 0 Å². The third-order valence-electron chi connectivity index (χ3n) is 2.31. The molecule has 0 aliphatic carbocycles. The van der Waals surface area contributed by atoms with E-state index >= 15 is 0 Å². The predicted molar refractivity (Wildman–Crippen MR) is 72.5 cm³/mol. The number of halogens is 2. The van der Waals surface area contributed by atoms with Crippen molar-refractivity contribution in [2.75, 3.05) is 5.32 Å². The summed E-state index contributed by atoms with van der Waals surface area (Å²) in [4.78, 5) is 11.9. The third kappa shape index (κ3) is 2.94. The van der Waals surface area contributed by atoms with Gasteiger partial charge in [-0.1, -0.05) is 23.2 Å². The average molecular weight is 282 g/mol. The van der Waals surface area contributed by atoms with Crippen LogP contribution in [0, 0.1) is 0 Å². The lowest BCUT2D eigenvalue weighted by Gasteiger charge is -2.06. The molecule has 5 heteroatoms. The number of phenols is 1. The molecule has 0 aromatic heterocycles. The number of carbonyl (C=O) groups is 1. The molecule has 0 saturated carbocycles. The fraction of sp³-hybridized carbons (Fsp3) is 0. The number of nitrogens with one attached hydrogen (secondary N) is 1. The zero-order chi connectivity index (χ0) is 13.1. The van der Waals surface area contributed by atoms with E-state index in [1.54, 1.807) is 18.2 Å². The standard InChI is InChI=1S/C13H9Cl2NO2/c14-11-6-3-9(7-12(11)15)16-13(18)8-1-4-10(17)5-2-8/h1-7,17H,(H,16,18). The highest BCUT2D eigenvalue weighted by molar-refractivity contribution is 6.42. The molecular weight excluding hydrogens is 273 g/mol. The highest BCUT2D eigenvalue weighted by Crippen LogP contribution is 2.25. The van der Waals surface area contributed by atoms with Gasteiger partial charge in [-0.05, 0) is 42.5 Å². The molecule has 2 aromatic rings. The van der Waals surface area contributed by atoms with Gasteiger partial charge in [0.1, 0.15) is 5.75 Å². The fourth-order valence-corrected chi connectivity index (χ4v) is 1.69. The molecule has 0 fully saturated rings. The molecule has 0 bridgehead atoms.